The molecule has 0 atom stereocenters. The summed E-state index contributed by atoms with van der Waals surface area (Å²) in [6.45, 7) is 23.3. The van der Waals surface area contributed by atoms with Gasteiger partial charge in [0.1, 0.15) is 0 Å². The van der Waals surface area contributed by atoms with Crippen molar-refractivity contribution < 1.29 is 4.74 Å². The number of hydrogen-bond donors (Lipinski definition) is 0. The normalized spacial score (nSPS) is 12.1. The number of ether oxygens (including phenoxy) is 1. The summed E-state index contributed by atoms with van der Waals surface area (Å²) in [5.74, 6) is 0.390. The Morgan fingerprint density at radius 2 is 1.17 bits per heavy atom. The summed E-state index contributed by atoms with van der Waals surface area (Å²) in [7, 11) is 0. The van der Waals surface area contributed by atoms with Crippen LogP contribution in [0, 0.1) is 5.92 Å². The Morgan fingerprint density at radius 3 is 1.48 bits per heavy atom. The number of rotatable bonds is 21. The second kappa shape index (κ2) is 17.4. The van der Waals surface area contributed by atoms with Gasteiger partial charge in [-0.05, 0) is 0 Å². The van der Waals surface area contributed by atoms with E-state index in [0.717, 1.165) is 30.3 Å². The van der Waals surface area contributed by atoms with Crippen LogP contribution < -0.4 is 0 Å². The molecule has 0 amide bonds. The Morgan fingerprint density at radius 1 is 0.759 bits per heavy atom. The van der Waals surface area contributed by atoms with E-state index in [0.29, 0.717) is 5.92 Å². The van der Waals surface area contributed by atoms with Crippen molar-refractivity contribution >= 4 is 18.4 Å². The molecular weight excluding hydrogens is 459 g/mol. The second-order valence-electron chi connectivity index (χ2n) is 8.79. The predicted molar refractivity (Wildman–Crippen MR) is 136 cm³/mol. The van der Waals surface area contributed by atoms with Crippen LogP contribution in [0.4, 0.5) is 0 Å². The van der Waals surface area contributed by atoms with E-state index < -0.39 is 24.0 Å². The standard InChI is InChI=1S/C15H23O.3C4H9.Sn/c1-6-10-12-14(13-11-7-2)15(8-3,9-4)16-5;3*1-3-4-2;/h6-9,14H,1-5,10-13H2;3*1,3-4H2,2H3;. The molecule has 2 heteroatoms. The van der Waals surface area contributed by atoms with Crippen LogP contribution in [0.15, 0.2) is 50.6 Å². The van der Waals surface area contributed by atoms with Crippen LogP contribution >= 0.6 is 0 Å². The van der Waals surface area contributed by atoms with Crippen LogP contribution in [-0.2, 0) is 4.74 Å². The molecule has 29 heavy (non-hydrogen) atoms. The van der Waals surface area contributed by atoms with Crippen molar-refractivity contribution in [1.82, 2.24) is 0 Å². The summed E-state index contributed by atoms with van der Waals surface area (Å²) in [5.41, 5.74) is -0.418. The fourth-order valence-corrected chi connectivity index (χ4v) is 18.8. The summed E-state index contributed by atoms with van der Waals surface area (Å²) >= 11 is -2.36. The van der Waals surface area contributed by atoms with Crippen molar-refractivity contribution in [3.05, 3.63) is 50.6 Å². The zero-order chi connectivity index (χ0) is 22.0. The Kier molecular flexibility index (Phi) is 17.2. The van der Waals surface area contributed by atoms with E-state index in [4.69, 9.17) is 4.74 Å². The summed E-state index contributed by atoms with van der Waals surface area (Å²) in [4.78, 5) is 0. The van der Waals surface area contributed by atoms with Crippen molar-refractivity contribution in [1.29, 1.82) is 0 Å². The van der Waals surface area contributed by atoms with Crippen LogP contribution in [-0.4, -0.2) is 28.6 Å². The van der Waals surface area contributed by atoms with Crippen molar-refractivity contribution in [3.63, 3.8) is 0 Å². The molecule has 0 aliphatic heterocycles. The van der Waals surface area contributed by atoms with Gasteiger partial charge in [-0.25, -0.2) is 0 Å². The zero-order valence-electron chi connectivity index (χ0n) is 20.0. The first-order chi connectivity index (χ1) is 14.0. The maximum absolute atomic E-state index is 6.93. The second-order valence-corrected chi connectivity index (χ2v) is 22.5. The van der Waals surface area contributed by atoms with Gasteiger partial charge in [-0.2, -0.15) is 0 Å². The van der Waals surface area contributed by atoms with Gasteiger partial charge in [0, 0.05) is 0 Å². The molecule has 0 spiro atoms. The van der Waals surface area contributed by atoms with Crippen molar-refractivity contribution in [3.8, 4) is 0 Å². The molecule has 0 aromatic rings. The average Bonchev–Trinajstić information content (AvgIpc) is 2.76. The fraction of sp³-hybridized carbons (Fsp3) is 0.704. The summed E-state index contributed by atoms with van der Waals surface area (Å²) in [6, 6.07) is 0. The third-order valence-electron chi connectivity index (χ3n) is 6.52. The Hall–Kier alpha value is -0.281. The van der Waals surface area contributed by atoms with Crippen LogP contribution in [0.5, 0.6) is 0 Å². The van der Waals surface area contributed by atoms with Crippen LogP contribution in [0.25, 0.3) is 0 Å². The topological polar surface area (TPSA) is 9.23 Å². The third-order valence-corrected chi connectivity index (χ3v) is 20.8. The summed E-state index contributed by atoms with van der Waals surface area (Å²) in [6.07, 6.45) is 20.3. The molecule has 0 radical (unpaired) electrons. The van der Waals surface area contributed by atoms with Gasteiger partial charge in [-0.15, -0.1) is 0 Å². The Balaban J connectivity index is 5.65. The monoisotopic (exact) mass is 510 g/mol. The number of unbranched alkanes of at least 4 members (excludes halogenated alkanes) is 3. The predicted octanol–water partition coefficient (Wildman–Crippen LogP) is 9.05. The van der Waals surface area contributed by atoms with Gasteiger partial charge in [0.05, 0.1) is 0 Å². The first-order valence-electron chi connectivity index (χ1n) is 12.2. The van der Waals surface area contributed by atoms with Gasteiger partial charge in [-0.1, -0.05) is 0 Å². The number of hydrogen-bond acceptors (Lipinski definition) is 1. The molecule has 0 aliphatic carbocycles. The van der Waals surface area contributed by atoms with E-state index >= 15 is 0 Å². The van der Waals surface area contributed by atoms with E-state index in [-0.39, 0.29) is 0 Å². The summed E-state index contributed by atoms with van der Waals surface area (Å²) in [5, 5.41) is 0. The van der Waals surface area contributed by atoms with Gasteiger partial charge in [0.2, 0.25) is 0 Å². The molecule has 0 aliphatic rings. The van der Waals surface area contributed by atoms with E-state index in [1.165, 1.54) is 51.8 Å². The van der Waals surface area contributed by atoms with Gasteiger partial charge in [0.15, 0.2) is 0 Å². The van der Waals surface area contributed by atoms with E-state index in [1.54, 1.807) is 0 Å². The van der Waals surface area contributed by atoms with E-state index in [2.05, 4.69) is 47.1 Å². The van der Waals surface area contributed by atoms with E-state index in [1.807, 2.05) is 24.3 Å². The maximum atomic E-state index is 6.93. The molecule has 168 valence electrons. The van der Waals surface area contributed by atoms with Gasteiger partial charge in [0.25, 0.3) is 0 Å². The van der Waals surface area contributed by atoms with Crippen molar-refractivity contribution in [2.75, 3.05) is 4.62 Å². The molecule has 0 aromatic carbocycles. The first kappa shape index (κ1) is 28.7. The Bertz CT molecular complexity index is 412. The SMILES string of the molecule is C=CCCC(CCC=C)C(C=C)(C=C)O[CH2][Sn]([CH2]CCC)([CH2]CCC)[CH2]CCC. The molecule has 1 nitrogen and oxygen atoms in total. The third kappa shape index (κ3) is 10.5. The molecule has 0 aromatic heterocycles. The van der Waals surface area contributed by atoms with Crippen molar-refractivity contribution in [2.45, 2.75) is 104 Å². The summed E-state index contributed by atoms with van der Waals surface area (Å²) < 4.78 is 12.4. The molecule has 0 saturated carbocycles. The Labute approximate surface area is 187 Å². The fourth-order valence-electron chi connectivity index (χ4n) is 4.41. The van der Waals surface area contributed by atoms with Crippen molar-refractivity contribution in [2.24, 2.45) is 5.92 Å². The molecule has 0 fully saturated rings. The number of allylic oxidation sites excluding steroid dienone is 2. The quantitative estimate of drug-likeness (QED) is 0.111. The minimum atomic E-state index is -2.36. The minimum absolute atomic E-state index is 0.390. The van der Waals surface area contributed by atoms with Gasteiger partial charge < -0.3 is 0 Å². The van der Waals surface area contributed by atoms with Crippen LogP contribution in [0.3, 0.4) is 0 Å². The molecule has 0 N–H and O–H groups in total. The molecule has 0 heterocycles. The van der Waals surface area contributed by atoms with Crippen LogP contribution in [0.1, 0.15) is 85.0 Å². The van der Waals surface area contributed by atoms with Gasteiger partial charge >= 0.3 is 188 Å². The van der Waals surface area contributed by atoms with Crippen LogP contribution in [0.2, 0.25) is 13.3 Å². The zero-order valence-corrected chi connectivity index (χ0v) is 22.9. The van der Waals surface area contributed by atoms with Gasteiger partial charge in [-0.3, -0.25) is 0 Å². The molecule has 0 saturated heterocycles. The molecule has 0 rings (SSSR count). The van der Waals surface area contributed by atoms with E-state index in [9.17, 15) is 0 Å². The molecular formula is C27H50OSn. The average molecular weight is 509 g/mol. The molecule has 0 unspecified atom stereocenters. The first-order valence-corrected chi connectivity index (χ1v) is 20.2. The molecule has 0 bridgehead atoms.